The van der Waals surface area contributed by atoms with Crippen molar-refractivity contribution in [3.05, 3.63) is 28.8 Å². The predicted octanol–water partition coefficient (Wildman–Crippen LogP) is 2.35. The molecule has 1 aromatic rings. The Labute approximate surface area is 91.4 Å². The van der Waals surface area contributed by atoms with Gasteiger partial charge in [-0.25, -0.2) is 0 Å². The van der Waals surface area contributed by atoms with Gasteiger partial charge in [-0.1, -0.05) is 6.07 Å². The molecule has 1 aliphatic carbocycles. The molecule has 0 saturated heterocycles. The van der Waals surface area contributed by atoms with Gasteiger partial charge in [0.2, 0.25) is 0 Å². The number of benzene rings is 1. The van der Waals surface area contributed by atoms with Gasteiger partial charge in [0.1, 0.15) is 5.75 Å². The van der Waals surface area contributed by atoms with Crippen molar-refractivity contribution in [2.45, 2.75) is 38.6 Å². The van der Waals surface area contributed by atoms with Crippen LogP contribution in [-0.4, -0.2) is 12.6 Å². The average molecular weight is 205 g/mol. The van der Waals surface area contributed by atoms with E-state index in [1.54, 1.807) is 7.11 Å². The molecule has 82 valence electrons. The SMILES string of the molecule is COc1cc(CC2(N)CC2)cc(C)c1C. The Kier molecular flexibility index (Phi) is 2.47. The van der Waals surface area contributed by atoms with Crippen LogP contribution in [0.3, 0.4) is 0 Å². The van der Waals surface area contributed by atoms with Crippen LogP contribution in [0.25, 0.3) is 0 Å². The van der Waals surface area contributed by atoms with E-state index in [-0.39, 0.29) is 5.54 Å². The van der Waals surface area contributed by atoms with Crippen molar-refractivity contribution < 1.29 is 4.74 Å². The van der Waals surface area contributed by atoms with Gasteiger partial charge in [-0.2, -0.15) is 0 Å². The van der Waals surface area contributed by atoms with Crippen LogP contribution in [0.2, 0.25) is 0 Å². The molecule has 2 rings (SSSR count). The van der Waals surface area contributed by atoms with E-state index in [2.05, 4.69) is 26.0 Å². The lowest BCUT2D eigenvalue weighted by Gasteiger charge is -2.13. The summed E-state index contributed by atoms with van der Waals surface area (Å²) in [6, 6.07) is 4.35. The number of rotatable bonds is 3. The minimum absolute atomic E-state index is 0.0761. The van der Waals surface area contributed by atoms with E-state index in [0.29, 0.717) is 0 Å². The topological polar surface area (TPSA) is 35.2 Å². The second kappa shape index (κ2) is 3.53. The molecule has 2 heteroatoms. The molecule has 1 aliphatic rings. The van der Waals surface area contributed by atoms with Crippen LogP contribution in [0.15, 0.2) is 12.1 Å². The van der Waals surface area contributed by atoms with Crippen LogP contribution in [-0.2, 0) is 6.42 Å². The first-order chi connectivity index (χ1) is 7.04. The van der Waals surface area contributed by atoms with Crippen molar-refractivity contribution >= 4 is 0 Å². The standard InChI is InChI=1S/C13H19NO/c1-9-6-11(8-13(14)4-5-13)7-12(15-3)10(9)2/h6-7H,4-5,8,14H2,1-3H3. The van der Waals surface area contributed by atoms with Crippen LogP contribution < -0.4 is 10.5 Å². The molecule has 1 fully saturated rings. The lowest BCUT2D eigenvalue weighted by molar-refractivity contribution is 0.410. The molecular weight excluding hydrogens is 186 g/mol. The van der Waals surface area contributed by atoms with Crippen molar-refractivity contribution in [1.82, 2.24) is 0 Å². The summed E-state index contributed by atoms with van der Waals surface area (Å²) in [6.07, 6.45) is 3.29. The molecule has 1 saturated carbocycles. The predicted molar refractivity (Wildman–Crippen MR) is 62.3 cm³/mol. The Morgan fingerprint density at radius 1 is 1.33 bits per heavy atom. The molecule has 0 spiro atoms. The van der Waals surface area contributed by atoms with E-state index in [1.165, 1.54) is 16.7 Å². The first-order valence-electron chi connectivity index (χ1n) is 5.47. The fourth-order valence-electron chi connectivity index (χ4n) is 1.96. The minimum Gasteiger partial charge on any atom is -0.496 e. The summed E-state index contributed by atoms with van der Waals surface area (Å²) in [5.74, 6) is 0.981. The third-order valence-corrected chi connectivity index (χ3v) is 3.35. The van der Waals surface area contributed by atoms with Gasteiger partial charge in [0.15, 0.2) is 0 Å². The Morgan fingerprint density at radius 2 is 2.00 bits per heavy atom. The Balaban J connectivity index is 2.28. The number of nitrogens with two attached hydrogens (primary N) is 1. The number of ether oxygens (including phenoxy) is 1. The van der Waals surface area contributed by atoms with E-state index in [0.717, 1.165) is 25.0 Å². The lowest BCUT2D eigenvalue weighted by atomic mass is 9.99. The summed E-state index contributed by atoms with van der Waals surface area (Å²) in [4.78, 5) is 0. The summed E-state index contributed by atoms with van der Waals surface area (Å²) in [5, 5.41) is 0. The van der Waals surface area contributed by atoms with Gasteiger partial charge >= 0.3 is 0 Å². The highest BCUT2D eigenvalue weighted by Gasteiger charge is 2.38. The molecule has 1 aromatic carbocycles. The first kappa shape index (κ1) is 10.5. The van der Waals surface area contributed by atoms with Gasteiger partial charge in [-0.15, -0.1) is 0 Å². The highest BCUT2D eigenvalue weighted by Crippen LogP contribution is 2.36. The fourth-order valence-corrected chi connectivity index (χ4v) is 1.96. The maximum absolute atomic E-state index is 6.12. The Bertz CT molecular complexity index is 380. The summed E-state index contributed by atoms with van der Waals surface area (Å²) in [6.45, 7) is 4.21. The van der Waals surface area contributed by atoms with Gasteiger partial charge in [0.05, 0.1) is 7.11 Å². The zero-order valence-electron chi connectivity index (χ0n) is 9.76. The van der Waals surface area contributed by atoms with Crippen LogP contribution in [0.1, 0.15) is 29.5 Å². The number of hydrogen-bond acceptors (Lipinski definition) is 2. The number of methoxy groups -OCH3 is 1. The first-order valence-corrected chi connectivity index (χ1v) is 5.47. The molecule has 0 amide bonds. The Morgan fingerprint density at radius 3 is 2.53 bits per heavy atom. The van der Waals surface area contributed by atoms with Crippen LogP contribution in [0, 0.1) is 13.8 Å². The van der Waals surface area contributed by atoms with Crippen molar-refractivity contribution in [2.75, 3.05) is 7.11 Å². The second-order valence-electron chi connectivity index (χ2n) is 4.78. The largest absolute Gasteiger partial charge is 0.496 e. The molecular formula is C13H19NO. The molecule has 0 aliphatic heterocycles. The van der Waals surface area contributed by atoms with E-state index in [4.69, 9.17) is 10.5 Å². The maximum Gasteiger partial charge on any atom is 0.122 e. The molecule has 2 N–H and O–H groups in total. The van der Waals surface area contributed by atoms with Gasteiger partial charge < -0.3 is 10.5 Å². The van der Waals surface area contributed by atoms with E-state index < -0.39 is 0 Å². The normalized spacial score (nSPS) is 17.6. The molecule has 0 aromatic heterocycles. The monoisotopic (exact) mass is 205 g/mol. The van der Waals surface area contributed by atoms with Crippen molar-refractivity contribution in [3.63, 3.8) is 0 Å². The van der Waals surface area contributed by atoms with Crippen LogP contribution in [0.4, 0.5) is 0 Å². The third kappa shape index (κ3) is 2.15. The highest BCUT2D eigenvalue weighted by atomic mass is 16.5. The molecule has 0 bridgehead atoms. The highest BCUT2D eigenvalue weighted by molar-refractivity contribution is 5.43. The molecule has 15 heavy (non-hydrogen) atoms. The Hall–Kier alpha value is -1.02. The molecule has 0 atom stereocenters. The smallest absolute Gasteiger partial charge is 0.122 e. The minimum atomic E-state index is 0.0761. The third-order valence-electron chi connectivity index (χ3n) is 3.35. The quantitative estimate of drug-likeness (QED) is 0.822. The van der Waals surface area contributed by atoms with E-state index >= 15 is 0 Å². The lowest BCUT2D eigenvalue weighted by Crippen LogP contribution is -2.24. The van der Waals surface area contributed by atoms with E-state index in [1.807, 2.05) is 0 Å². The van der Waals surface area contributed by atoms with Gasteiger partial charge in [-0.3, -0.25) is 0 Å². The van der Waals surface area contributed by atoms with Gasteiger partial charge in [0, 0.05) is 5.54 Å². The summed E-state index contributed by atoms with van der Waals surface area (Å²) >= 11 is 0. The van der Waals surface area contributed by atoms with Crippen LogP contribution >= 0.6 is 0 Å². The fraction of sp³-hybridized carbons (Fsp3) is 0.538. The zero-order valence-corrected chi connectivity index (χ0v) is 9.76. The average Bonchev–Trinajstić information content (AvgIpc) is 2.89. The molecule has 2 nitrogen and oxygen atoms in total. The molecule has 0 unspecified atom stereocenters. The zero-order chi connectivity index (χ0) is 11.1. The summed E-state index contributed by atoms with van der Waals surface area (Å²) in [5.41, 5.74) is 10.0. The summed E-state index contributed by atoms with van der Waals surface area (Å²) in [7, 11) is 1.72. The number of hydrogen-bond donors (Lipinski definition) is 1. The van der Waals surface area contributed by atoms with Crippen LogP contribution in [0.5, 0.6) is 5.75 Å². The van der Waals surface area contributed by atoms with E-state index in [9.17, 15) is 0 Å². The van der Waals surface area contributed by atoms with Gasteiger partial charge in [0.25, 0.3) is 0 Å². The molecule has 0 radical (unpaired) electrons. The maximum atomic E-state index is 6.12. The van der Waals surface area contributed by atoms with Crippen molar-refractivity contribution in [1.29, 1.82) is 0 Å². The van der Waals surface area contributed by atoms with Crippen molar-refractivity contribution in [2.24, 2.45) is 5.73 Å². The molecule has 0 heterocycles. The number of aryl methyl sites for hydroxylation is 1. The summed E-state index contributed by atoms with van der Waals surface area (Å²) < 4.78 is 5.36. The van der Waals surface area contributed by atoms with Gasteiger partial charge in [-0.05, 0) is 55.9 Å². The van der Waals surface area contributed by atoms with Crippen molar-refractivity contribution in [3.8, 4) is 5.75 Å². The second-order valence-corrected chi connectivity index (χ2v) is 4.78.